The van der Waals surface area contributed by atoms with Crippen LogP contribution in [0.5, 0.6) is 5.75 Å². The molecule has 2 aromatic carbocycles. The summed E-state index contributed by atoms with van der Waals surface area (Å²) in [6.45, 7) is 0. The van der Waals surface area contributed by atoms with Crippen LogP contribution in [-0.4, -0.2) is 13.0 Å². The molecule has 0 fully saturated rings. The second-order valence-electron chi connectivity index (χ2n) is 4.34. The van der Waals surface area contributed by atoms with Crippen LogP contribution in [-0.2, 0) is 0 Å². The molecular weight excluding hydrogens is 240 g/mol. The first-order valence-electron chi connectivity index (χ1n) is 6.09. The third-order valence-corrected chi connectivity index (χ3v) is 3.20. The lowest BCUT2D eigenvalue weighted by atomic mass is 10.1. The number of methoxy groups -OCH3 is 1. The first-order valence-corrected chi connectivity index (χ1v) is 6.09. The largest absolute Gasteiger partial charge is 0.496 e. The summed E-state index contributed by atoms with van der Waals surface area (Å²) in [6, 6.07) is 15.1. The summed E-state index contributed by atoms with van der Waals surface area (Å²) in [4.78, 5) is 12.1. The van der Waals surface area contributed by atoms with Gasteiger partial charge in [0, 0.05) is 11.3 Å². The van der Waals surface area contributed by atoms with Gasteiger partial charge in [-0.1, -0.05) is 30.3 Å². The number of carbonyl (C=O) groups is 1. The lowest BCUT2D eigenvalue weighted by Gasteiger charge is -2.28. The molecule has 0 radical (unpaired) electrons. The van der Waals surface area contributed by atoms with Crippen LogP contribution in [0.4, 0.5) is 5.69 Å². The Morgan fingerprint density at radius 1 is 1.00 bits per heavy atom. The minimum atomic E-state index is -0.279. The van der Waals surface area contributed by atoms with Crippen molar-refractivity contribution in [3.63, 3.8) is 0 Å². The van der Waals surface area contributed by atoms with Crippen molar-refractivity contribution < 1.29 is 9.53 Å². The molecule has 1 aliphatic heterocycles. The summed E-state index contributed by atoms with van der Waals surface area (Å²) in [5, 5.41) is 6.24. The zero-order valence-corrected chi connectivity index (χ0v) is 10.5. The minimum Gasteiger partial charge on any atom is -0.496 e. The van der Waals surface area contributed by atoms with E-state index < -0.39 is 0 Å². The van der Waals surface area contributed by atoms with Crippen LogP contribution >= 0.6 is 0 Å². The number of hydrogen-bond acceptors (Lipinski definition) is 3. The molecule has 4 heteroatoms. The normalized spacial score (nSPS) is 17.1. The van der Waals surface area contributed by atoms with Gasteiger partial charge >= 0.3 is 0 Å². The van der Waals surface area contributed by atoms with Crippen LogP contribution in [0.3, 0.4) is 0 Å². The molecular formula is C15H14N2O2. The summed E-state index contributed by atoms with van der Waals surface area (Å²) in [5.41, 5.74) is 2.41. The highest BCUT2D eigenvalue weighted by Crippen LogP contribution is 2.30. The quantitative estimate of drug-likeness (QED) is 0.866. The number of para-hydroxylation sites is 2. The van der Waals surface area contributed by atoms with Crippen molar-refractivity contribution in [3.8, 4) is 5.75 Å². The van der Waals surface area contributed by atoms with Gasteiger partial charge in [-0.15, -0.1) is 0 Å². The maximum atomic E-state index is 12.1. The van der Waals surface area contributed by atoms with Crippen LogP contribution in [0.1, 0.15) is 22.1 Å². The standard InChI is InChI=1S/C15H14N2O2/c1-19-13-9-5-3-7-11(13)14-16-12-8-4-2-6-10(12)15(18)17-14/h2-9,14,16H,1H3,(H,17,18)/t14-/m1/s1. The van der Waals surface area contributed by atoms with Crippen molar-refractivity contribution >= 4 is 11.6 Å². The average molecular weight is 254 g/mol. The molecule has 0 unspecified atom stereocenters. The van der Waals surface area contributed by atoms with E-state index in [4.69, 9.17) is 4.74 Å². The molecule has 3 rings (SSSR count). The van der Waals surface area contributed by atoms with Gasteiger partial charge in [-0.05, 0) is 18.2 Å². The number of nitrogens with one attached hydrogen (secondary N) is 2. The molecule has 1 amide bonds. The SMILES string of the molecule is COc1ccccc1[C@H]1NC(=O)c2ccccc2N1. The van der Waals surface area contributed by atoms with Crippen molar-refractivity contribution in [2.75, 3.05) is 12.4 Å². The Morgan fingerprint density at radius 2 is 1.74 bits per heavy atom. The van der Waals surface area contributed by atoms with Gasteiger partial charge in [0.15, 0.2) is 0 Å². The molecule has 0 spiro atoms. The molecule has 0 saturated heterocycles. The molecule has 96 valence electrons. The maximum Gasteiger partial charge on any atom is 0.255 e. The molecule has 1 heterocycles. The molecule has 0 bridgehead atoms. The fourth-order valence-corrected chi connectivity index (χ4v) is 2.27. The third-order valence-electron chi connectivity index (χ3n) is 3.20. The number of carbonyl (C=O) groups excluding carboxylic acids is 1. The van der Waals surface area contributed by atoms with E-state index in [-0.39, 0.29) is 12.1 Å². The number of benzene rings is 2. The molecule has 0 aromatic heterocycles. The number of ether oxygens (including phenoxy) is 1. The van der Waals surface area contributed by atoms with E-state index in [2.05, 4.69) is 10.6 Å². The van der Waals surface area contributed by atoms with E-state index in [1.54, 1.807) is 13.2 Å². The van der Waals surface area contributed by atoms with Crippen molar-refractivity contribution in [3.05, 3.63) is 59.7 Å². The van der Waals surface area contributed by atoms with Crippen LogP contribution in [0.15, 0.2) is 48.5 Å². The van der Waals surface area contributed by atoms with Gasteiger partial charge in [0.25, 0.3) is 5.91 Å². The Kier molecular flexibility index (Phi) is 2.83. The summed E-state index contributed by atoms with van der Waals surface area (Å²) in [7, 11) is 1.62. The summed E-state index contributed by atoms with van der Waals surface area (Å²) < 4.78 is 5.33. The van der Waals surface area contributed by atoms with Crippen molar-refractivity contribution in [2.45, 2.75) is 6.17 Å². The van der Waals surface area contributed by atoms with Crippen LogP contribution in [0.2, 0.25) is 0 Å². The highest BCUT2D eigenvalue weighted by Gasteiger charge is 2.25. The monoisotopic (exact) mass is 254 g/mol. The zero-order chi connectivity index (χ0) is 13.2. The molecule has 2 N–H and O–H groups in total. The van der Waals surface area contributed by atoms with E-state index in [1.165, 1.54) is 0 Å². The van der Waals surface area contributed by atoms with E-state index >= 15 is 0 Å². The van der Waals surface area contributed by atoms with Crippen molar-refractivity contribution in [1.29, 1.82) is 0 Å². The molecule has 4 nitrogen and oxygen atoms in total. The Hall–Kier alpha value is -2.49. The molecule has 19 heavy (non-hydrogen) atoms. The van der Waals surface area contributed by atoms with Gasteiger partial charge in [-0.2, -0.15) is 0 Å². The van der Waals surface area contributed by atoms with E-state index in [0.717, 1.165) is 17.0 Å². The third kappa shape index (κ3) is 2.01. The smallest absolute Gasteiger partial charge is 0.255 e. The lowest BCUT2D eigenvalue weighted by Crippen LogP contribution is -2.38. The van der Waals surface area contributed by atoms with Gasteiger partial charge in [-0.3, -0.25) is 4.79 Å². The number of anilines is 1. The number of hydrogen-bond donors (Lipinski definition) is 2. The Bertz CT molecular complexity index is 625. The summed E-state index contributed by atoms with van der Waals surface area (Å²) >= 11 is 0. The fraction of sp³-hybridized carbons (Fsp3) is 0.133. The van der Waals surface area contributed by atoms with Crippen molar-refractivity contribution in [2.24, 2.45) is 0 Å². The van der Waals surface area contributed by atoms with E-state index in [9.17, 15) is 4.79 Å². The summed E-state index contributed by atoms with van der Waals surface area (Å²) in [6.07, 6.45) is -0.279. The van der Waals surface area contributed by atoms with E-state index in [1.807, 2.05) is 42.5 Å². The molecule has 1 atom stereocenters. The zero-order valence-electron chi connectivity index (χ0n) is 10.5. The first kappa shape index (κ1) is 11.6. The highest BCUT2D eigenvalue weighted by molar-refractivity contribution is 6.01. The Balaban J connectivity index is 1.99. The Labute approximate surface area is 111 Å². The molecule has 2 aromatic rings. The van der Waals surface area contributed by atoms with Crippen LogP contribution in [0, 0.1) is 0 Å². The predicted octanol–water partition coefficient (Wildman–Crippen LogP) is 2.55. The van der Waals surface area contributed by atoms with Crippen LogP contribution in [0.25, 0.3) is 0 Å². The van der Waals surface area contributed by atoms with Crippen LogP contribution < -0.4 is 15.4 Å². The van der Waals surface area contributed by atoms with Crippen molar-refractivity contribution in [1.82, 2.24) is 5.32 Å². The minimum absolute atomic E-state index is 0.0785. The van der Waals surface area contributed by atoms with Gasteiger partial charge < -0.3 is 15.4 Å². The Morgan fingerprint density at radius 3 is 2.58 bits per heavy atom. The molecule has 1 aliphatic rings. The first-order chi connectivity index (χ1) is 9.29. The second-order valence-corrected chi connectivity index (χ2v) is 4.34. The molecule has 0 saturated carbocycles. The average Bonchev–Trinajstić information content (AvgIpc) is 2.47. The van der Waals surface area contributed by atoms with Gasteiger partial charge in [0.2, 0.25) is 0 Å². The van der Waals surface area contributed by atoms with Gasteiger partial charge in [-0.25, -0.2) is 0 Å². The van der Waals surface area contributed by atoms with Gasteiger partial charge in [0.1, 0.15) is 11.9 Å². The fourth-order valence-electron chi connectivity index (χ4n) is 2.27. The number of rotatable bonds is 2. The van der Waals surface area contributed by atoms with E-state index in [0.29, 0.717) is 5.56 Å². The number of fused-ring (bicyclic) bond motifs is 1. The number of amides is 1. The molecule has 0 aliphatic carbocycles. The summed E-state index contributed by atoms with van der Waals surface area (Å²) in [5.74, 6) is 0.671. The topological polar surface area (TPSA) is 50.4 Å². The van der Waals surface area contributed by atoms with Gasteiger partial charge in [0.05, 0.1) is 12.7 Å². The highest BCUT2D eigenvalue weighted by atomic mass is 16.5. The lowest BCUT2D eigenvalue weighted by molar-refractivity contribution is 0.0935. The predicted molar refractivity (Wildman–Crippen MR) is 73.3 cm³/mol. The second kappa shape index (κ2) is 4.65. The maximum absolute atomic E-state index is 12.1.